The van der Waals surface area contributed by atoms with Gasteiger partial charge in [-0.1, -0.05) is 0 Å². The van der Waals surface area contributed by atoms with Crippen molar-refractivity contribution in [3.05, 3.63) is 18.2 Å². The fourth-order valence-corrected chi connectivity index (χ4v) is 1.66. The summed E-state index contributed by atoms with van der Waals surface area (Å²) in [4.78, 5) is 26.8. The van der Waals surface area contributed by atoms with Crippen molar-refractivity contribution in [1.82, 2.24) is 20.2 Å². The van der Waals surface area contributed by atoms with Crippen molar-refractivity contribution in [3.63, 3.8) is 0 Å². The molecule has 0 spiro atoms. The molecule has 15 heavy (non-hydrogen) atoms. The first-order valence-corrected chi connectivity index (χ1v) is 4.41. The largest absolute Gasteiger partial charge is 0.336 e. The van der Waals surface area contributed by atoms with Crippen molar-refractivity contribution in [3.8, 4) is 0 Å². The molecule has 0 bridgehead atoms. The number of hydrogen-bond acceptors (Lipinski definition) is 4. The number of imide groups is 1. The molecule has 7 heteroatoms. The lowest BCUT2D eigenvalue weighted by molar-refractivity contribution is -0.124. The minimum atomic E-state index is -1.24. The van der Waals surface area contributed by atoms with Crippen LogP contribution in [0.25, 0.3) is 0 Å². The molecular weight excluding hydrogens is 198 g/mol. The summed E-state index contributed by atoms with van der Waals surface area (Å²) >= 11 is 0. The molecule has 0 radical (unpaired) electrons. The Morgan fingerprint density at radius 3 is 2.73 bits per heavy atom. The SMILES string of the molecule is Cn1ccnc1[C@@]1(CN)NC(=O)NC1=O. The van der Waals surface area contributed by atoms with Gasteiger partial charge in [0.15, 0.2) is 5.54 Å². The monoisotopic (exact) mass is 209 g/mol. The van der Waals surface area contributed by atoms with Crippen LogP contribution in [-0.2, 0) is 17.4 Å². The van der Waals surface area contributed by atoms with Crippen molar-refractivity contribution in [2.45, 2.75) is 5.54 Å². The van der Waals surface area contributed by atoms with Gasteiger partial charge in [0.1, 0.15) is 5.82 Å². The second-order valence-corrected chi connectivity index (χ2v) is 3.38. The predicted molar refractivity (Wildman–Crippen MR) is 50.6 cm³/mol. The summed E-state index contributed by atoms with van der Waals surface area (Å²) in [5.74, 6) is -0.0438. The molecule has 3 amide bonds. The van der Waals surface area contributed by atoms with Crippen molar-refractivity contribution >= 4 is 11.9 Å². The molecule has 0 saturated carbocycles. The zero-order valence-corrected chi connectivity index (χ0v) is 8.15. The molecule has 0 aliphatic carbocycles. The molecule has 2 rings (SSSR count). The number of imidazole rings is 1. The molecule has 1 aliphatic heterocycles. The first-order valence-electron chi connectivity index (χ1n) is 4.41. The van der Waals surface area contributed by atoms with Crippen LogP contribution in [0.15, 0.2) is 12.4 Å². The van der Waals surface area contributed by atoms with E-state index in [0.29, 0.717) is 5.82 Å². The molecule has 2 heterocycles. The minimum absolute atomic E-state index is 0.0323. The third-order valence-corrected chi connectivity index (χ3v) is 2.45. The Morgan fingerprint density at radius 1 is 1.60 bits per heavy atom. The van der Waals surface area contributed by atoms with Crippen LogP contribution in [0.5, 0.6) is 0 Å². The summed E-state index contributed by atoms with van der Waals surface area (Å²) < 4.78 is 1.65. The maximum atomic E-state index is 11.7. The molecule has 80 valence electrons. The number of rotatable bonds is 2. The highest BCUT2D eigenvalue weighted by Gasteiger charge is 2.49. The normalized spacial score (nSPS) is 25.2. The molecule has 1 aromatic heterocycles. The summed E-state index contributed by atoms with van der Waals surface area (Å²) in [6.45, 7) is -0.0323. The standard InChI is InChI=1S/C8H11N5O2/c1-13-3-2-10-5(13)8(4-9)6(14)11-7(15)12-8/h2-3H,4,9H2,1H3,(H2,11,12,14,15)/t8-/m1/s1. The van der Waals surface area contributed by atoms with Gasteiger partial charge in [0.05, 0.1) is 0 Å². The number of urea groups is 1. The Labute approximate surface area is 85.7 Å². The quantitative estimate of drug-likeness (QED) is 0.511. The number of carbonyl (C=O) groups excluding carboxylic acids is 2. The van der Waals surface area contributed by atoms with E-state index in [1.807, 2.05) is 0 Å². The average Bonchev–Trinajstić information content (AvgIpc) is 2.71. The van der Waals surface area contributed by atoms with Crippen LogP contribution >= 0.6 is 0 Å². The number of aromatic nitrogens is 2. The van der Waals surface area contributed by atoms with E-state index < -0.39 is 17.5 Å². The van der Waals surface area contributed by atoms with E-state index in [1.54, 1.807) is 24.0 Å². The van der Waals surface area contributed by atoms with Crippen LogP contribution in [0.3, 0.4) is 0 Å². The first kappa shape index (κ1) is 9.66. The summed E-state index contributed by atoms with van der Waals surface area (Å²) in [5, 5.41) is 4.65. The fourth-order valence-electron chi connectivity index (χ4n) is 1.66. The lowest BCUT2D eigenvalue weighted by atomic mass is 9.99. The van der Waals surface area contributed by atoms with Gasteiger partial charge in [-0.2, -0.15) is 0 Å². The third kappa shape index (κ3) is 1.20. The highest BCUT2D eigenvalue weighted by molar-refractivity contribution is 6.07. The summed E-state index contributed by atoms with van der Waals surface area (Å²) in [6, 6.07) is -0.548. The second-order valence-electron chi connectivity index (χ2n) is 3.38. The molecule has 1 aromatic rings. The fraction of sp³-hybridized carbons (Fsp3) is 0.375. The summed E-state index contributed by atoms with van der Waals surface area (Å²) in [7, 11) is 1.73. The molecule has 4 N–H and O–H groups in total. The Morgan fingerprint density at radius 2 is 2.33 bits per heavy atom. The third-order valence-electron chi connectivity index (χ3n) is 2.45. The van der Waals surface area contributed by atoms with Gasteiger partial charge >= 0.3 is 6.03 Å². The maximum absolute atomic E-state index is 11.7. The zero-order valence-electron chi connectivity index (χ0n) is 8.15. The van der Waals surface area contributed by atoms with Crippen molar-refractivity contribution in [2.24, 2.45) is 12.8 Å². The number of nitrogens with two attached hydrogens (primary N) is 1. The van der Waals surface area contributed by atoms with Gasteiger partial charge in [0.2, 0.25) is 0 Å². The van der Waals surface area contributed by atoms with E-state index in [1.165, 1.54) is 0 Å². The van der Waals surface area contributed by atoms with Gasteiger partial charge in [-0.15, -0.1) is 0 Å². The summed E-state index contributed by atoms with van der Waals surface area (Å²) in [5.41, 5.74) is 4.31. The molecule has 0 unspecified atom stereocenters. The average molecular weight is 209 g/mol. The van der Waals surface area contributed by atoms with Gasteiger partial charge in [-0.3, -0.25) is 10.1 Å². The smallest absolute Gasteiger partial charge is 0.322 e. The van der Waals surface area contributed by atoms with E-state index in [0.717, 1.165) is 0 Å². The molecule has 1 saturated heterocycles. The number of carbonyl (C=O) groups is 2. The Bertz CT molecular complexity index is 426. The number of amides is 3. The Kier molecular flexibility index (Phi) is 1.97. The van der Waals surface area contributed by atoms with Crippen molar-refractivity contribution < 1.29 is 9.59 Å². The number of nitrogens with one attached hydrogen (secondary N) is 2. The van der Waals surface area contributed by atoms with E-state index in [2.05, 4.69) is 15.6 Å². The molecule has 7 nitrogen and oxygen atoms in total. The second kappa shape index (κ2) is 3.06. The summed E-state index contributed by atoms with van der Waals surface area (Å²) in [6.07, 6.45) is 3.23. The molecule has 1 atom stereocenters. The van der Waals surface area contributed by atoms with Crippen molar-refractivity contribution in [1.29, 1.82) is 0 Å². The van der Waals surface area contributed by atoms with E-state index in [4.69, 9.17) is 5.73 Å². The topological polar surface area (TPSA) is 102 Å². The van der Waals surface area contributed by atoms with E-state index in [-0.39, 0.29) is 6.54 Å². The highest BCUT2D eigenvalue weighted by Crippen LogP contribution is 2.21. The number of aryl methyl sites for hydroxylation is 1. The van der Waals surface area contributed by atoms with Crippen LogP contribution in [-0.4, -0.2) is 28.0 Å². The van der Waals surface area contributed by atoms with E-state index >= 15 is 0 Å². The molecule has 1 aliphatic rings. The lowest BCUT2D eigenvalue weighted by Crippen LogP contribution is -2.51. The number of hydrogen-bond donors (Lipinski definition) is 3. The highest BCUT2D eigenvalue weighted by atomic mass is 16.2. The molecular formula is C8H11N5O2. The Hall–Kier alpha value is -1.89. The number of nitrogens with zero attached hydrogens (tertiary/aromatic N) is 2. The maximum Gasteiger partial charge on any atom is 0.322 e. The Balaban J connectivity index is 2.51. The van der Waals surface area contributed by atoms with Gasteiger partial charge in [-0.05, 0) is 0 Å². The van der Waals surface area contributed by atoms with Crippen LogP contribution in [0.4, 0.5) is 4.79 Å². The van der Waals surface area contributed by atoms with Crippen molar-refractivity contribution in [2.75, 3.05) is 6.54 Å². The lowest BCUT2D eigenvalue weighted by Gasteiger charge is -2.23. The first-order chi connectivity index (χ1) is 7.10. The van der Waals surface area contributed by atoms with Gasteiger partial charge in [0.25, 0.3) is 5.91 Å². The van der Waals surface area contributed by atoms with Gasteiger partial charge in [0, 0.05) is 26.0 Å². The van der Waals surface area contributed by atoms with Crippen LogP contribution in [0, 0.1) is 0 Å². The van der Waals surface area contributed by atoms with Crippen LogP contribution in [0.2, 0.25) is 0 Å². The van der Waals surface area contributed by atoms with Crippen LogP contribution < -0.4 is 16.4 Å². The molecule has 0 aromatic carbocycles. The van der Waals surface area contributed by atoms with Crippen LogP contribution in [0.1, 0.15) is 5.82 Å². The zero-order chi connectivity index (χ0) is 11.1. The molecule has 1 fully saturated rings. The van der Waals surface area contributed by atoms with E-state index in [9.17, 15) is 9.59 Å². The predicted octanol–water partition coefficient (Wildman–Crippen LogP) is -1.59. The van der Waals surface area contributed by atoms with Gasteiger partial charge < -0.3 is 15.6 Å². The minimum Gasteiger partial charge on any atom is -0.336 e. The van der Waals surface area contributed by atoms with Gasteiger partial charge in [-0.25, -0.2) is 9.78 Å².